The Bertz CT molecular complexity index is 604. The lowest BCUT2D eigenvalue weighted by Gasteiger charge is -2.35. The van der Waals surface area contributed by atoms with Crippen molar-refractivity contribution in [3.05, 3.63) is 36.0 Å². The van der Waals surface area contributed by atoms with Gasteiger partial charge in [0.1, 0.15) is 0 Å². The van der Waals surface area contributed by atoms with Crippen LogP contribution >= 0.6 is 0 Å². The van der Waals surface area contributed by atoms with Crippen molar-refractivity contribution in [2.45, 2.75) is 19.4 Å². The van der Waals surface area contributed by atoms with Crippen LogP contribution in [0.4, 0.5) is 0 Å². The number of likely N-dealkylation sites (tertiary alicyclic amines) is 1. The number of hydrogen-bond acceptors (Lipinski definition) is 2. The predicted octanol–water partition coefficient (Wildman–Crippen LogP) is 1.98. The molecule has 100 valence electrons. The number of carbonyl (C=O) groups is 1. The molecule has 3 rings (SSSR count). The maximum absolute atomic E-state index is 12.6. The molecule has 0 bridgehead atoms. The highest BCUT2D eigenvalue weighted by molar-refractivity contribution is 6.05. The summed E-state index contributed by atoms with van der Waals surface area (Å²) in [7, 11) is 0. The average Bonchev–Trinajstić information content (AvgIpc) is 2.89. The fourth-order valence-corrected chi connectivity index (χ4v) is 2.72. The molecule has 4 heteroatoms. The summed E-state index contributed by atoms with van der Waals surface area (Å²) in [6.07, 6.45) is 2.85. The standard InChI is InChI=1S/C15H19N3O/c1-10-6-8-18(9-13(10)16)15(19)12-4-2-3-11-5-7-17-14(11)12/h2-5,7,10,13,17H,6,8-9,16H2,1H3. The second-order valence-corrected chi connectivity index (χ2v) is 5.43. The Morgan fingerprint density at radius 2 is 2.26 bits per heavy atom. The van der Waals surface area contributed by atoms with Gasteiger partial charge in [0.15, 0.2) is 0 Å². The first-order valence-corrected chi connectivity index (χ1v) is 6.78. The average molecular weight is 257 g/mol. The van der Waals surface area contributed by atoms with Crippen molar-refractivity contribution in [2.75, 3.05) is 13.1 Å². The molecule has 3 N–H and O–H groups in total. The quantitative estimate of drug-likeness (QED) is 0.820. The number of carbonyl (C=O) groups excluding carboxylic acids is 1. The van der Waals surface area contributed by atoms with Crippen molar-refractivity contribution in [2.24, 2.45) is 11.7 Å². The lowest BCUT2D eigenvalue weighted by atomic mass is 9.94. The molecule has 1 saturated heterocycles. The van der Waals surface area contributed by atoms with E-state index in [9.17, 15) is 4.79 Å². The minimum Gasteiger partial charge on any atom is -0.361 e. The van der Waals surface area contributed by atoms with Crippen LogP contribution in [0.3, 0.4) is 0 Å². The largest absolute Gasteiger partial charge is 0.361 e. The van der Waals surface area contributed by atoms with Gasteiger partial charge in [-0.15, -0.1) is 0 Å². The molecular formula is C15H19N3O. The number of piperidine rings is 1. The first-order chi connectivity index (χ1) is 9.16. The van der Waals surface area contributed by atoms with Crippen molar-refractivity contribution in [3.8, 4) is 0 Å². The van der Waals surface area contributed by atoms with E-state index in [4.69, 9.17) is 5.73 Å². The summed E-state index contributed by atoms with van der Waals surface area (Å²) in [6.45, 7) is 3.60. The zero-order valence-corrected chi connectivity index (χ0v) is 11.1. The van der Waals surface area contributed by atoms with Crippen LogP contribution in [0.25, 0.3) is 10.9 Å². The van der Waals surface area contributed by atoms with E-state index in [-0.39, 0.29) is 11.9 Å². The molecule has 2 aromatic rings. The van der Waals surface area contributed by atoms with Gasteiger partial charge in [-0.1, -0.05) is 19.1 Å². The highest BCUT2D eigenvalue weighted by atomic mass is 16.2. The third-order valence-corrected chi connectivity index (χ3v) is 4.12. The Hall–Kier alpha value is -1.81. The van der Waals surface area contributed by atoms with E-state index in [1.54, 1.807) is 0 Å². The fourth-order valence-electron chi connectivity index (χ4n) is 2.72. The molecule has 1 aliphatic rings. The maximum atomic E-state index is 12.6. The number of benzene rings is 1. The summed E-state index contributed by atoms with van der Waals surface area (Å²) >= 11 is 0. The summed E-state index contributed by atoms with van der Waals surface area (Å²) in [5.41, 5.74) is 7.73. The van der Waals surface area contributed by atoms with Gasteiger partial charge in [-0.3, -0.25) is 4.79 Å². The molecule has 0 radical (unpaired) electrons. The van der Waals surface area contributed by atoms with Crippen LogP contribution in [0.1, 0.15) is 23.7 Å². The number of H-pyrrole nitrogens is 1. The van der Waals surface area contributed by atoms with Crippen molar-refractivity contribution in [3.63, 3.8) is 0 Å². The first kappa shape index (κ1) is 12.2. The summed E-state index contributed by atoms with van der Waals surface area (Å²) < 4.78 is 0. The number of para-hydroxylation sites is 1. The predicted molar refractivity (Wildman–Crippen MR) is 76.0 cm³/mol. The van der Waals surface area contributed by atoms with Crippen molar-refractivity contribution in [1.82, 2.24) is 9.88 Å². The van der Waals surface area contributed by atoms with Crippen molar-refractivity contribution in [1.29, 1.82) is 0 Å². The minimum absolute atomic E-state index is 0.0791. The number of aromatic nitrogens is 1. The Labute approximate surface area is 112 Å². The van der Waals surface area contributed by atoms with E-state index in [0.29, 0.717) is 12.5 Å². The molecule has 2 heterocycles. The van der Waals surface area contributed by atoms with Crippen LogP contribution in [-0.4, -0.2) is 34.9 Å². The number of aromatic amines is 1. The van der Waals surface area contributed by atoms with Crippen molar-refractivity contribution < 1.29 is 4.79 Å². The molecule has 2 atom stereocenters. The molecule has 0 aliphatic carbocycles. The molecule has 0 saturated carbocycles. The monoisotopic (exact) mass is 257 g/mol. The Balaban J connectivity index is 1.90. The van der Waals surface area contributed by atoms with Crippen LogP contribution in [0, 0.1) is 5.92 Å². The van der Waals surface area contributed by atoms with Gasteiger partial charge >= 0.3 is 0 Å². The molecule has 4 nitrogen and oxygen atoms in total. The minimum atomic E-state index is 0.0791. The van der Waals surface area contributed by atoms with Gasteiger partial charge in [-0.2, -0.15) is 0 Å². The first-order valence-electron chi connectivity index (χ1n) is 6.78. The Kier molecular flexibility index (Phi) is 3.03. The lowest BCUT2D eigenvalue weighted by Crippen LogP contribution is -2.49. The van der Waals surface area contributed by atoms with Crippen LogP contribution in [0.5, 0.6) is 0 Å². The third kappa shape index (κ3) is 2.12. The summed E-state index contributed by atoms with van der Waals surface area (Å²) in [5.74, 6) is 0.570. The van der Waals surface area contributed by atoms with Gasteiger partial charge < -0.3 is 15.6 Å². The van der Waals surface area contributed by atoms with Crippen molar-refractivity contribution >= 4 is 16.8 Å². The second kappa shape index (κ2) is 4.70. The van der Waals surface area contributed by atoms with Crippen LogP contribution in [0.2, 0.25) is 0 Å². The number of amides is 1. The molecule has 2 unspecified atom stereocenters. The normalized spacial score (nSPS) is 23.8. The van der Waals surface area contributed by atoms with Gasteiger partial charge in [-0.25, -0.2) is 0 Å². The highest BCUT2D eigenvalue weighted by Gasteiger charge is 2.27. The lowest BCUT2D eigenvalue weighted by molar-refractivity contribution is 0.0674. The zero-order chi connectivity index (χ0) is 13.4. The molecule has 1 amide bonds. The van der Waals surface area contributed by atoms with Gasteiger partial charge in [0.2, 0.25) is 0 Å². The van der Waals surface area contributed by atoms with Gasteiger partial charge in [-0.05, 0) is 24.5 Å². The number of rotatable bonds is 1. The topological polar surface area (TPSA) is 62.1 Å². The number of hydrogen-bond donors (Lipinski definition) is 2. The summed E-state index contributed by atoms with van der Waals surface area (Å²) in [4.78, 5) is 17.6. The number of nitrogens with zero attached hydrogens (tertiary/aromatic N) is 1. The maximum Gasteiger partial charge on any atom is 0.256 e. The van der Waals surface area contributed by atoms with E-state index in [0.717, 1.165) is 29.4 Å². The van der Waals surface area contributed by atoms with Crippen LogP contribution < -0.4 is 5.73 Å². The SMILES string of the molecule is CC1CCN(C(=O)c2cccc3cc[nH]c23)CC1N. The van der Waals surface area contributed by atoms with Crippen LogP contribution in [0.15, 0.2) is 30.5 Å². The van der Waals surface area contributed by atoms with E-state index in [1.165, 1.54) is 0 Å². The molecule has 0 spiro atoms. The smallest absolute Gasteiger partial charge is 0.256 e. The van der Waals surface area contributed by atoms with E-state index < -0.39 is 0 Å². The molecular weight excluding hydrogens is 238 g/mol. The number of fused-ring (bicyclic) bond motifs is 1. The van der Waals surface area contributed by atoms with Gasteiger partial charge in [0, 0.05) is 30.7 Å². The van der Waals surface area contributed by atoms with E-state index in [1.807, 2.05) is 35.4 Å². The van der Waals surface area contributed by atoms with Crippen LogP contribution in [-0.2, 0) is 0 Å². The second-order valence-electron chi connectivity index (χ2n) is 5.43. The highest BCUT2D eigenvalue weighted by Crippen LogP contribution is 2.22. The van der Waals surface area contributed by atoms with Gasteiger partial charge in [0.05, 0.1) is 11.1 Å². The summed E-state index contributed by atoms with van der Waals surface area (Å²) in [6, 6.07) is 7.88. The Morgan fingerprint density at radius 1 is 1.42 bits per heavy atom. The van der Waals surface area contributed by atoms with Gasteiger partial charge in [0.25, 0.3) is 5.91 Å². The third-order valence-electron chi connectivity index (χ3n) is 4.12. The molecule has 1 fully saturated rings. The molecule has 1 aromatic carbocycles. The van der Waals surface area contributed by atoms with E-state index in [2.05, 4.69) is 11.9 Å². The number of nitrogens with one attached hydrogen (secondary N) is 1. The molecule has 1 aromatic heterocycles. The zero-order valence-electron chi connectivity index (χ0n) is 11.1. The Morgan fingerprint density at radius 3 is 3.05 bits per heavy atom. The molecule has 19 heavy (non-hydrogen) atoms. The molecule has 1 aliphatic heterocycles. The fraction of sp³-hybridized carbons (Fsp3) is 0.400. The summed E-state index contributed by atoms with van der Waals surface area (Å²) in [5, 5.41) is 1.07. The van der Waals surface area contributed by atoms with E-state index >= 15 is 0 Å². The number of nitrogens with two attached hydrogens (primary N) is 1.